The van der Waals surface area contributed by atoms with E-state index in [4.69, 9.17) is 0 Å². The number of hydrazine groups is 1. The van der Waals surface area contributed by atoms with Crippen molar-refractivity contribution >= 4 is 22.9 Å². The average Bonchev–Trinajstić information content (AvgIpc) is 3.15. The lowest BCUT2D eigenvalue weighted by molar-refractivity contribution is -0.124. The molecule has 7 nitrogen and oxygen atoms in total. The van der Waals surface area contributed by atoms with Gasteiger partial charge < -0.3 is 4.98 Å². The lowest BCUT2D eigenvalue weighted by Crippen LogP contribution is -2.35. The molecule has 0 aromatic carbocycles. The smallest absolute Gasteiger partial charge is 0.241 e. The highest BCUT2D eigenvalue weighted by Gasteiger charge is 2.22. The van der Waals surface area contributed by atoms with Gasteiger partial charge in [0.05, 0.1) is 6.33 Å². The number of fused-ring (bicyclic) bond motifs is 1. The standard InChI is InChI=1S/C14H20N6O/c1-9(6-10-4-2-3-5-10)14(21)20-19-13-11-12(16-7-15-11)17-8-18-13/h7-10H,2-6H2,1H3,(H,20,21)(H2,15,16,17,18,19). The van der Waals surface area contributed by atoms with Crippen LogP contribution < -0.4 is 10.9 Å². The number of aromatic nitrogens is 4. The van der Waals surface area contributed by atoms with Crippen molar-refractivity contribution < 1.29 is 4.79 Å². The molecule has 0 aliphatic heterocycles. The Balaban J connectivity index is 1.56. The molecule has 3 rings (SSSR count). The maximum absolute atomic E-state index is 12.1. The van der Waals surface area contributed by atoms with E-state index in [0.717, 1.165) is 6.42 Å². The third kappa shape index (κ3) is 3.12. The van der Waals surface area contributed by atoms with Crippen molar-refractivity contribution in [3.63, 3.8) is 0 Å². The Labute approximate surface area is 122 Å². The second kappa shape index (κ2) is 6.07. The summed E-state index contributed by atoms with van der Waals surface area (Å²) in [6.07, 6.45) is 9.04. The van der Waals surface area contributed by atoms with Gasteiger partial charge in [0.25, 0.3) is 0 Å². The van der Waals surface area contributed by atoms with Gasteiger partial charge in [-0.3, -0.25) is 15.6 Å². The van der Waals surface area contributed by atoms with E-state index in [2.05, 4.69) is 30.8 Å². The molecule has 0 bridgehead atoms. The molecule has 1 fully saturated rings. The fourth-order valence-corrected chi connectivity index (χ4v) is 2.96. The van der Waals surface area contributed by atoms with Gasteiger partial charge in [-0.2, -0.15) is 0 Å². The number of anilines is 1. The van der Waals surface area contributed by atoms with E-state index in [1.165, 1.54) is 32.0 Å². The number of hydrogen-bond acceptors (Lipinski definition) is 5. The van der Waals surface area contributed by atoms with Crippen molar-refractivity contribution in [1.29, 1.82) is 0 Å². The molecule has 0 saturated heterocycles. The molecular formula is C14H20N6O. The van der Waals surface area contributed by atoms with Gasteiger partial charge in [0.15, 0.2) is 11.5 Å². The third-order valence-electron chi connectivity index (χ3n) is 4.14. The number of aromatic amines is 1. The van der Waals surface area contributed by atoms with Gasteiger partial charge in [-0.1, -0.05) is 32.6 Å². The van der Waals surface area contributed by atoms with Crippen LogP contribution in [0.4, 0.5) is 5.82 Å². The van der Waals surface area contributed by atoms with Crippen molar-refractivity contribution in [2.45, 2.75) is 39.0 Å². The number of nitrogens with one attached hydrogen (secondary N) is 3. The van der Waals surface area contributed by atoms with Crippen LogP contribution in [0.2, 0.25) is 0 Å². The maximum atomic E-state index is 12.1. The molecule has 2 aromatic rings. The van der Waals surface area contributed by atoms with Gasteiger partial charge in [-0.25, -0.2) is 15.0 Å². The van der Waals surface area contributed by atoms with Crippen molar-refractivity contribution in [2.75, 3.05) is 5.43 Å². The quantitative estimate of drug-likeness (QED) is 0.731. The number of nitrogens with zero attached hydrogens (tertiary/aromatic N) is 3. The van der Waals surface area contributed by atoms with Crippen LogP contribution in [0.3, 0.4) is 0 Å². The number of rotatable bonds is 5. The summed E-state index contributed by atoms with van der Waals surface area (Å²) in [6, 6.07) is 0. The summed E-state index contributed by atoms with van der Waals surface area (Å²) in [5, 5.41) is 0. The van der Waals surface area contributed by atoms with Gasteiger partial charge in [-0.15, -0.1) is 0 Å². The number of H-pyrrole nitrogens is 1. The molecule has 7 heteroatoms. The molecule has 2 heterocycles. The summed E-state index contributed by atoms with van der Waals surface area (Å²) in [7, 11) is 0. The Morgan fingerprint density at radius 1 is 1.38 bits per heavy atom. The zero-order valence-corrected chi connectivity index (χ0v) is 12.1. The zero-order valence-electron chi connectivity index (χ0n) is 12.1. The molecule has 0 spiro atoms. The van der Waals surface area contributed by atoms with E-state index in [-0.39, 0.29) is 11.8 Å². The minimum Gasteiger partial charge on any atom is -0.340 e. The van der Waals surface area contributed by atoms with Crippen LogP contribution in [-0.2, 0) is 4.79 Å². The van der Waals surface area contributed by atoms with Crippen molar-refractivity contribution in [3.8, 4) is 0 Å². The summed E-state index contributed by atoms with van der Waals surface area (Å²) in [4.78, 5) is 27.3. The first-order valence-electron chi connectivity index (χ1n) is 7.44. The molecule has 1 aliphatic rings. The first-order valence-corrected chi connectivity index (χ1v) is 7.44. The van der Waals surface area contributed by atoms with Gasteiger partial charge in [-0.05, 0) is 12.3 Å². The van der Waals surface area contributed by atoms with Gasteiger partial charge in [0.2, 0.25) is 5.91 Å². The Morgan fingerprint density at radius 3 is 3.00 bits per heavy atom. The molecule has 0 radical (unpaired) electrons. The molecular weight excluding hydrogens is 268 g/mol. The van der Waals surface area contributed by atoms with Crippen molar-refractivity contribution in [3.05, 3.63) is 12.7 Å². The minimum absolute atomic E-state index is 0.000283. The molecule has 3 N–H and O–H groups in total. The monoisotopic (exact) mass is 288 g/mol. The topological polar surface area (TPSA) is 95.6 Å². The van der Waals surface area contributed by atoms with E-state index < -0.39 is 0 Å². The van der Waals surface area contributed by atoms with E-state index in [1.54, 1.807) is 6.33 Å². The Morgan fingerprint density at radius 2 is 2.19 bits per heavy atom. The summed E-state index contributed by atoms with van der Waals surface area (Å²) in [5.41, 5.74) is 6.84. The number of hydrogen-bond donors (Lipinski definition) is 3. The fourth-order valence-electron chi connectivity index (χ4n) is 2.96. The normalized spacial score (nSPS) is 17.0. The lowest BCUT2D eigenvalue weighted by Gasteiger charge is -2.16. The maximum Gasteiger partial charge on any atom is 0.241 e. The van der Waals surface area contributed by atoms with E-state index in [9.17, 15) is 4.79 Å². The van der Waals surface area contributed by atoms with Crippen LogP contribution in [0.1, 0.15) is 39.0 Å². The Bertz CT molecular complexity index is 619. The average molecular weight is 288 g/mol. The van der Waals surface area contributed by atoms with Gasteiger partial charge >= 0.3 is 0 Å². The number of imidazole rings is 1. The summed E-state index contributed by atoms with van der Waals surface area (Å²) < 4.78 is 0. The Kier molecular flexibility index (Phi) is 3.98. The predicted octanol–water partition coefficient (Wildman–Crippen LogP) is 2.01. The molecule has 112 valence electrons. The van der Waals surface area contributed by atoms with Crippen LogP contribution in [0.15, 0.2) is 12.7 Å². The van der Waals surface area contributed by atoms with Gasteiger partial charge in [0, 0.05) is 5.92 Å². The number of carbonyl (C=O) groups excluding carboxylic acids is 1. The zero-order chi connectivity index (χ0) is 14.7. The van der Waals surface area contributed by atoms with Crippen LogP contribution in [0, 0.1) is 11.8 Å². The third-order valence-corrected chi connectivity index (χ3v) is 4.14. The molecule has 1 amide bonds. The second-order valence-electron chi connectivity index (χ2n) is 5.72. The largest absolute Gasteiger partial charge is 0.340 e. The number of carbonyl (C=O) groups is 1. The SMILES string of the molecule is CC(CC1CCCC1)C(=O)NNc1ncnc2nc[nH]c12. The van der Waals surface area contributed by atoms with Gasteiger partial charge in [0.1, 0.15) is 11.8 Å². The predicted molar refractivity (Wildman–Crippen MR) is 79.2 cm³/mol. The van der Waals surface area contributed by atoms with E-state index in [1.807, 2.05) is 6.92 Å². The van der Waals surface area contributed by atoms with Crippen molar-refractivity contribution in [1.82, 2.24) is 25.4 Å². The highest BCUT2D eigenvalue weighted by atomic mass is 16.2. The molecule has 1 unspecified atom stereocenters. The van der Waals surface area contributed by atoms with Crippen LogP contribution in [-0.4, -0.2) is 25.8 Å². The van der Waals surface area contributed by atoms with Crippen LogP contribution >= 0.6 is 0 Å². The molecule has 1 aliphatic carbocycles. The van der Waals surface area contributed by atoms with E-state index in [0.29, 0.717) is 22.9 Å². The fraction of sp³-hybridized carbons (Fsp3) is 0.571. The lowest BCUT2D eigenvalue weighted by atomic mass is 9.94. The summed E-state index contributed by atoms with van der Waals surface area (Å²) in [5.74, 6) is 1.22. The second-order valence-corrected chi connectivity index (χ2v) is 5.72. The van der Waals surface area contributed by atoms with E-state index >= 15 is 0 Å². The summed E-state index contributed by atoms with van der Waals surface area (Å²) in [6.45, 7) is 1.97. The molecule has 21 heavy (non-hydrogen) atoms. The molecule has 1 saturated carbocycles. The first kappa shape index (κ1) is 13.8. The minimum atomic E-state index is -0.00632. The van der Waals surface area contributed by atoms with Crippen LogP contribution in [0.5, 0.6) is 0 Å². The van der Waals surface area contributed by atoms with Crippen LogP contribution in [0.25, 0.3) is 11.2 Å². The Hall–Kier alpha value is -2.18. The summed E-state index contributed by atoms with van der Waals surface area (Å²) >= 11 is 0. The van der Waals surface area contributed by atoms with Crippen molar-refractivity contribution in [2.24, 2.45) is 11.8 Å². The first-order chi connectivity index (χ1) is 10.2. The molecule has 1 atom stereocenters. The highest BCUT2D eigenvalue weighted by molar-refractivity contribution is 5.84. The number of amides is 1. The highest BCUT2D eigenvalue weighted by Crippen LogP contribution is 2.30. The molecule has 2 aromatic heterocycles.